The van der Waals surface area contributed by atoms with E-state index in [0.29, 0.717) is 15.9 Å². The van der Waals surface area contributed by atoms with E-state index in [1.54, 1.807) is 6.07 Å². The van der Waals surface area contributed by atoms with Gasteiger partial charge in [0.1, 0.15) is 0 Å². The Hall–Kier alpha value is -1.19. The fourth-order valence-electron chi connectivity index (χ4n) is 1.97. The summed E-state index contributed by atoms with van der Waals surface area (Å²) in [5, 5.41) is 8.23. The van der Waals surface area contributed by atoms with Gasteiger partial charge in [-0.2, -0.15) is 5.10 Å². The highest BCUT2D eigenvalue weighted by Crippen LogP contribution is 2.38. The maximum atomic E-state index is 6.08. The van der Waals surface area contributed by atoms with Crippen molar-refractivity contribution in [1.29, 1.82) is 0 Å². The molecule has 0 spiro atoms. The molecule has 0 aliphatic heterocycles. The first kappa shape index (κ1) is 14.2. The lowest BCUT2D eigenvalue weighted by Crippen LogP contribution is -2.17. The van der Waals surface area contributed by atoms with Gasteiger partial charge in [0.15, 0.2) is 5.82 Å². The van der Waals surface area contributed by atoms with Crippen molar-refractivity contribution in [3.05, 3.63) is 33.9 Å². The van der Waals surface area contributed by atoms with Crippen molar-refractivity contribution in [3.63, 3.8) is 0 Å². The summed E-state index contributed by atoms with van der Waals surface area (Å²) in [6.07, 6.45) is 0.975. The second-order valence-corrected chi connectivity index (χ2v) is 6.04. The van der Waals surface area contributed by atoms with Gasteiger partial charge in [0.25, 0.3) is 0 Å². The van der Waals surface area contributed by atoms with Crippen LogP contribution in [0.15, 0.2) is 18.2 Å². The lowest BCUT2D eigenvalue weighted by molar-refractivity contribution is 0.490. The molecule has 0 radical (unpaired) electrons. The molecule has 0 saturated heterocycles. The summed E-state index contributed by atoms with van der Waals surface area (Å²) in [5.74, 6) is 0.481. The number of aromatic amines is 1. The van der Waals surface area contributed by atoms with Crippen molar-refractivity contribution < 1.29 is 0 Å². The molecule has 3 N–H and O–H groups in total. The molecule has 0 amide bonds. The Morgan fingerprint density at radius 1 is 1.26 bits per heavy atom. The van der Waals surface area contributed by atoms with E-state index in [-0.39, 0.29) is 5.41 Å². The van der Waals surface area contributed by atoms with Crippen LogP contribution in [-0.2, 0) is 5.41 Å². The highest BCUT2D eigenvalue weighted by atomic mass is 35.5. The number of hydrogen-bond donors (Lipinski definition) is 2. The molecule has 5 heteroatoms. The van der Waals surface area contributed by atoms with Crippen molar-refractivity contribution in [2.75, 3.05) is 5.73 Å². The Morgan fingerprint density at radius 3 is 2.53 bits per heavy atom. The number of aromatic nitrogens is 2. The maximum absolute atomic E-state index is 6.08. The van der Waals surface area contributed by atoms with E-state index >= 15 is 0 Å². The predicted molar refractivity (Wildman–Crippen MR) is 81.8 cm³/mol. The Labute approximate surface area is 123 Å². The number of rotatable bonds is 3. The molecule has 0 fully saturated rings. The Bertz CT molecular complexity index is 603. The number of H-pyrrole nitrogens is 1. The lowest BCUT2D eigenvalue weighted by atomic mass is 9.83. The molecule has 1 aromatic carbocycles. The van der Waals surface area contributed by atoms with E-state index in [9.17, 15) is 0 Å². The number of benzene rings is 1. The molecule has 2 rings (SSSR count). The average molecular weight is 298 g/mol. The van der Waals surface area contributed by atoms with Crippen molar-refractivity contribution in [2.24, 2.45) is 0 Å². The van der Waals surface area contributed by atoms with Crippen LogP contribution in [0, 0.1) is 0 Å². The Kier molecular flexibility index (Phi) is 3.79. The number of nitrogens with two attached hydrogens (primary N) is 1. The van der Waals surface area contributed by atoms with Crippen LogP contribution in [0.4, 0.5) is 5.82 Å². The van der Waals surface area contributed by atoms with Crippen molar-refractivity contribution >= 4 is 29.0 Å². The third kappa shape index (κ3) is 2.58. The predicted octanol–water partition coefficient (Wildman–Crippen LogP) is 4.65. The summed E-state index contributed by atoms with van der Waals surface area (Å²) in [6, 6.07) is 5.50. The molecule has 0 aliphatic carbocycles. The summed E-state index contributed by atoms with van der Waals surface area (Å²) < 4.78 is 0. The topological polar surface area (TPSA) is 54.7 Å². The monoisotopic (exact) mass is 297 g/mol. The fraction of sp³-hybridized carbons (Fsp3) is 0.357. The van der Waals surface area contributed by atoms with E-state index in [1.165, 1.54) is 0 Å². The van der Waals surface area contributed by atoms with Gasteiger partial charge in [-0.05, 0) is 24.1 Å². The summed E-state index contributed by atoms with van der Waals surface area (Å²) in [7, 11) is 0. The number of nitrogen functional groups attached to an aromatic ring is 1. The van der Waals surface area contributed by atoms with E-state index in [0.717, 1.165) is 23.2 Å². The maximum Gasteiger partial charge on any atom is 0.153 e. The highest BCUT2D eigenvalue weighted by molar-refractivity contribution is 6.42. The molecule has 0 aliphatic rings. The minimum atomic E-state index is -0.0356. The molecule has 3 nitrogen and oxygen atoms in total. The smallest absolute Gasteiger partial charge is 0.153 e. The first-order valence-corrected chi connectivity index (χ1v) is 6.92. The highest BCUT2D eigenvalue weighted by Gasteiger charge is 2.26. The van der Waals surface area contributed by atoms with Crippen LogP contribution in [0.1, 0.15) is 32.9 Å². The van der Waals surface area contributed by atoms with Gasteiger partial charge >= 0.3 is 0 Å². The molecule has 1 heterocycles. The molecular weight excluding hydrogens is 281 g/mol. The molecule has 0 unspecified atom stereocenters. The summed E-state index contributed by atoms with van der Waals surface area (Å²) in [5.41, 5.74) is 8.81. The summed E-state index contributed by atoms with van der Waals surface area (Å²) in [6.45, 7) is 6.44. The summed E-state index contributed by atoms with van der Waals surface area (Å²) >= 11 is 12.0. The molecule has 1 aromatic heterocycles. The number of anilines is 1. The largest absolute Gasteiger partial charge is 0.382 e. The van der Waals surface area contributed by atoms with Crippen LogP contribution < -0.4 is 5.73 Å². The number of hydrogen-bond acceptors (Lipinski definition) is 2. The van der Waals surface area contributed by atoms with Gasteiger partial charge in [0.05, 0.1) is 15.7 Å². The summed E-state index contributed by atoms with van der Waals surface area (Å²) in [4.78, 5) is 0. The number of halogens is 2. The molecule has 102 valence electrons. The average Bonchev–Trinajstić information content (AvgIpc) is 2.75. The molecular formula is C14H17Cl2N3. The van der Waals surface area contributed by atoms with Crippen LogP contribution in [0.3, 0.4) is 0 Å². The SMILES string of the molecule is CCC(C)(C)c1[nH]nc(N)c1-c1ccc(Cl)c(Cl)c1. The van der Waals surface area contributed by atoms with Gasteiger partial charge in [0, 0.05) is 11.0 Å². The zero-order valence-corrected chi connectivity index (χ0v) is 12.7. The van der Waals surface area contributed by atoms with Crippen LogP contribution in [0.5, 0.6) is 0 Å². The van der Waals surface area contributed by atoms with Crippen LogP contribution in [-0.4, -0.2) is 10.2 Å². The number of nitrogens with zero attached hydrogens (tertiary/aromatic N) is 1. The number of nitrogens with one attached hydrogen (secondary N) is 1. The third-order valence-corrected chi connectivity index (χ3v) is 4.30. The first-order valence-electron chi connectivity index (χ1n) is 6.16. The van der Waals surface area contributed by atoms with Gasteiger partial charge in [-0.25, -0.2) is 0 Å². The van der Waals surface area contributed by atoms with Crippen molar-refractivity contribution in [1.82, 2.24) is 10.2 Å². The normalized spacial score (nSPS) is 11.8. The Morgan fingerprint density at radius 2 is 1.95 bits per heavy atom. The fourth-order valence-corrected chi connectivity index (χ4v) is 2.26. The minimum Gasteiger partial charge on any atom is -0.382 e. The van der Waals surface area contributed by atoms with Crippen LogP contribution in [0.25, 0.3) is 11.1 Å². The van der Waals surface area contributed by atoms with Crippen LogP contribution >= 0.6 is 23.2 Å². The minimum absolute atomic E-state index is 0.0356. The quantitative estimate of drug-likeness (QED) is 0.866. The molecule has 2 aromatic rings. The van der Waals surface area contributed by atoms with Gasteiger partial charge in [-0.3, -0.25) is 5.10 Å². The molecule has 19 heavy (non-hydrogen) atoms. The molecule has 0 saturated carbocycles. The second kappa shape index (κ2) is 5.06. The molecule has 0 bridgehead atoms. The van der Waals surface area contributed by atoms with Crippen molar-refractivity contribution in [3.8, 4) is 11.1 Å². The molecule has 0 atom stereocenters. The zero-order chi connectivity index (χ0) is 14.2. The van der Waals surface area contributed by atoms with Gasteiger partial charge in [-0.15, -0.1) is 0 Å². The first-order chi connectivity index (χ1) is 8.86. The van der Waals surface area contributed by atoms with Gasteiger partial charge < -0.3 is 5.73 Å². The van der Waals surface area contributed by atoms with Crippen molar-refractivity contribution in [2.45, 2.75) is 32.6 Å². The van der Waals surface area contributed by atoms with E-state index < -0.39 is 0 Å². The zero-order valence-electron chi connectivity index (χ0n) is 11.2. The lowest BCUT2D eigenvalue weighted by Gasteiger charge is -2.22. The van der Waals surface area contributed by atoms with E-state index in [1.807, 2.05) is 12.1 Å². The standard InChI is InChI=1S/C14H17Cl2N3/c1-4-14(2,3)12-11(13(17)19-18-12)8-5-6-9(15)10(16)7-8/h5-7H,4H2,1-3H3,(H3,17,18,19). The van der Waals surface area contributed by atoms with Crippen LogP contribution in [0.2, 0.25) is 10.0 Å². The van der Waals surface area contributed by atoms with E-state index in [4.69, 9.17) is 28.9 Å². The second-order valence-electron chi connectivity index (χ2n) is 5.23. The van der Waals surface area contributed by atoms with E-state index in [2.05, 4.69) is 31.0 Å². The Balaban J connectivity index is 2.62. The third-order valence-electron chi connectivity index (χ3n) is 3.56. The van der Waals surface area contributed by atoms with Gasteiger partial charge in [0.2, 0.25) is 0 Å². The van der Waals surface area contributed by atoms with Gasteiger partial charge in [-0.1, -0.05) is 50.0 Å².